The number of imidazole rings is 1. The minimum Gasteiger partial charge on any atom is -0.342 e. The molecule has 35 heavy (non-hydrogen) atoms. The molecule has 0 spiro atoms. The first-order valence-electron chi connectivity index (χ1n) is 11.6. The molecule has 3 aromatic carbocycles. The first-order chi connectivity index (χ1) is 16.9. The molecule has 0 bridgehead atoms. The number of carbonyl (C=O) groups excluding carboxylic acids is 1. The zero-order valence-corrected chi connectivity index (χ0v) is 20.5. The molecule has 180 valence electrons. The van der Waals surface area contributed by atoms with E-state index in [0.717, 1.165) is 28.8 Å². The molecule has 1 aromatic heterocycles. The molecule has 4 aromatic rings. The number of para-hydroxylation sites is 2. The lowest BCUT2D eigenvalue weighted by Gasteiger charge is -2.17. The minimum absolute atomic E-state index is 0.0465. The number of hydrogen-bond donors (Lipinski definition) is 2. The predicted molar refractivity (Wildman–Crippen MR) is 140 cm³/mol. The van der Waals surface area contributed by atoms with Crippen molar-refractivity contribution < 1.29 is 9.72 Å². The zero-order valence-electron chi connectivity index (χ0n) is 19.7. The van der Waals surface area contributed by atoms with Gasteiger partial charge in [0, 0.05) is 11.6 Å². The summed E-state index contributed by atoms with van der Waals surface area (Å²) in [5, 5.41) is 14.8. The summed E-state index contributed by atoms with van der Waals surface area (Å²) in [6.45, 7) is 4.24. The molecule has 7 nitrogen and oxygen atoms in total. The third-order valence-electron chi connectivity index (χ3n) is 5.70. The Bertz CT molecular complexity index is 1290. The Hall–Kier alpha value is -3.65. The van der Waals surface area contributed by atoms with Crippen molar-refractivity contribution in [1.82, 2.24) is 15.3 Å². The number of nitro benzene ring substituents is 1. The molecule has 0 aliphatic rings. The van der Waals surface area contributed by atoms with Crippen molar-refractivity contribution in [2.75, 3.05) is 5.75 Å². The molecule has 0 aliphatic carbocycles. The number of benzene rings is 3. The molecule has 1 amide bonds. The van der Waals surface area contributed by atoms with Crippen molar-refractivity contribution in [3.05, 3.63) is 99.9 Å². The van der Waals surface area contributed by atoms with Gasteiger partial charge < -0.3 is 10.3 Å². The Balaban J connectivity index is 1.59. The second kappa shape index (κ2) is 11.2. The van der Waals surface area contributed by atoms with E-state index in [9.17, 15) is 14.9 Å². The van der Waals surface area contributed by atoms with Gasteiger partial charge in [-0.2, -0.15) is 0 Å². The number of rotatable bonds is 10. The maximum Gasteiger partial charge on any atom is 0.283 e. The van der Waals surface area contributed by atoms with Crippen LogP contribution in [0, 0.1) is 16.0 Å². The Morgan fingerprint density at radius 2 is 1.83 bits per heavy atom. The van der Waals surface area contributed by atoms with Crippen LogP contribution in [0.4, 0.5) is 5.69 Å². The number of nitro groups is 1. The van der Waals surface area contributed by atoms with Crippen LogP contribution < -0.4 is 5.32 Å². The quantitative estimate of drug-likeness (QED) is 0.154. The summed E-state index contributed by atoms with van der Waals surface area (Å²) in [7, 11) is 0. The number of fused-ring (bicyclic) bond motifs is 1. The van der Waals surface area contributed by atoms with Gasteiger partial charge in [-0.25, -0.2) is 4.98 Å². The van der Waals surface area contributed by atoms with Gasteiger partial charge in [0.25, 0.3) is 11.6 Å². The van der Waals surface area contributed by atoms with Gasteiger partial charge in [0.15, 0.2) is 0 Å². The van der Waals surface area contributed by atoms with Gasteiger partial charge in [-0.1, -0.05) is 56.3 Å². The van der Waals surface area contributed by atoms with Crippen LogP contribution in [-0.2, 0) is 6.42 Å². The highest BCUT2D eigenvalue weighted by Crippen LogP contribution is 2.31. The summed E-state index contributed by atoms with van der Waals surface area (Å²) >= 11 is 1.45. The summed E-state index contributed by atoms with van der Waals surface area (Å²) in [4.78, 5) is 33.1. The highest BCUT2D eigenvalue weighted by atomic mass is 32.2. The lowest BCUT2D eigenvalue weighted by Crippen LogP contribution is -2.30. The smallest absolute Gasteiger partial charge is 0.283 e. The molecule has 0 unspecified atom stereocenters. The third kappa shape index (κ3) is 6.27. The second-order valence-corrected chi connectivity index (χ2v) is 9.96. The monoisotopic (exact) mass is 488 g/mol. The number of aromatic nitrogens is 2. The fourth-order valence-corrected chi connectivity index (χ4v) is 5.03. The Morgan fingerprint density at radius 1 is 1.09 bits per heavy atom. The van der Waals surface area contributed by atoms with Crippen LogP contribution >= 0.6 is 11.8 Å². The van der Waals surface area contributed by atoms with E-state index in [4.69, 9.17) is 0 Å². The van der Waals surface area contributed by atoms with Crippen LogP contribution in [0.15, 0.2) is 77.7 Å². The lowest BCUT2D eigenvalue weighted by molar-refractivity contribution is -0.387. The van der Waals surface area contributed by atoms with Crippen molar-refractivity contribution in [3.63, 3.8) is 0 Å². The Labute approximate surface area is 208 Å². The van der Waals surface area contributed by atoms with E-state index in [2.05, 4.69) is 29.1 Å². The van der Waals surface area contributed by atoms with Crippen molar-refractivity contribution in [2.45, 2.75) is 37.6 Å². The number of thioether (sulfide) groups is 1. The molecule has 0 saturated heterocycles. The van der Waals surface area contributed by atoms with Gasteiger partial charge in [0.05, 0.1) is 26.9 Å². The van der Waals surface area contributed by atoms with Crippen molar-refractivity contribution in [3.8, 4) is 0 Å². The second-order valence-electron chi connectivity index (χ2n) is 8.83. The first-order valence-corrected chi connectivity index (χ1v) is 12.6. The molecular formula is C27H28N4O3S. The van der Waals surface area contributed by atoms with Crippen LogP contribution in [0.1, 0.15) is 48.1 Å². The van der Waals surface area contributed by atoms with Crippen LogP contribution in [0.3, 0.4) is 0 Å². The fourth-order valence-electron chi connectivity index (χ4n) is 3.77. The Morgan fingerprint density at radius 3 is 2.54 bits per heavy atom. The highest BCUT2D eigenvalue weighted by molar-refractivity contribution is 7.99. The molecule has 8 heteroatoms. The van der Waals surface area contributed by atoms with Gasteiger partial charge in [0.2, 0.25) is 0 Å². The van der Waals surface area contributed by atoms with Gasteiger partial charge in [-0.15, -0.1) is 11.8 Å². The van der Waals surface area contributed by atoms with Crippen molar-refractivity contribution >= 4 is 34.4 Å². The van der Waals surface area contributed by atoms with Gasteiger partial charge in [-0.05, 0) is 54.3 Å². The maximum absolute atomic E-state index is 13.2. The fraction of sp³-hybridized carbons (Fsp3) is 0.259. The van der Waals surface area contributed by atoms with Crippen LogP contribution in [0.25, 0.3) is 11.0 Å². The van der Waals surface area contributed by atoms with Gasteiger partial charge in [-0.3, -0.25) is 14.9 Å². The summed E-state index contributed by atoms with van der Waals surface area (Å²) in [6, 6.07) is 21.8. The van der Waals surface area contributed by atoms with Crippen LogP contribution in [0.2, 0.25) is 0 Å². The minimum atomic E-state index is -0.434. The number of hydrogen-bond acceptors (Lipinski definition) is 5. The SMILES string of the molecule is CC(C)CCSc1ccc(C(=O)N[C@@H](Cc2ccccc2)c2nc3ccccc3[nH]2)cc1[N+](=O)[O-]. The van der Waals surface area contributed by atoms with Crippen molar-refractivity contribution in [2.24, 2.45) is 5.92 Å². The average molecular weight is 489 g/mol. The highest BCUT2D eigenvalue weighted by Gasteiger charge is 2.23. The van der Waals surface area contributed by atoms with E-state index in [1.807, 2.05) is 54.6 Å². The molecule has 0 aliphatic heterocycles. The third-order valence-corrected chi connectivity index (χ3v) is 6.79. The lowest BCUT2D eigenvalue weighted by atomic mass is 10.0. The number of carbonyl (C=O) groups is 1. The van der Waals surface area contributed by atoms with Crippen LogP contribution in [-0.4, -0.2) is 26.6 Å². The number of aromatic amines is 1. The summed E-state index contributed by atoms with van der Waals surface area (Å²) in [5.41, 5.74) is 2.94. The standard InChI is InChI=1S/C27H28N4O3S/c1-18(2)14-15-35-25-13-12-20(17-24(25)31(33)34)27(32)30-23(16-19-8-4-3-5-9-19)26-28-21-10-6-7-11-22(21)29-26/h3-13,17-18,23H,14-16H2,1-2H3,(H,28,29)(H,30,32)/t23-/m0/s1. The largest absolute Gasteiger partial charge is 0.342 e. The molecule has 2 N–H and O–H groups in total. The molecule has 4 rings (SSSR count). The molecule has 1 atom stereocenters. The summed E-state index contributed by atoms with van der Waals surface area (Å²) in [5.74, 6) is 1.56. The van der Waals surface area contributed by atoms with E-state index in [1.165, 1.54) is 17.8 Å². The number of H-pyrrole nitrogens is 1. The van der Waals surface area contributed by atoms with E-state index in [0.29, 0.717) is 23.1 Å². The maximum atomic E-state index is 13.2. The molecule has 0 radical (unpaired) electrons. The van der Waals surface area contributed by atoms with E-state index in [1.54, 1.807) is 12.1 Å². The molecule has 0 saturated carbocycles. The van der Waals surface area contributed by atoms with E-state index >= 15 is 0 Å². The average Bonchev–Trinajstić information content (AvgIpc) is 3.28. The molecule has 1 heterocycles. The van der Waals surface area contributed by atoms with Gasteiger partial charge in [0.1, 0.15) is 5.82 Å². The molecular weight excluding hydrogens is 460 g/mol. The van der Waals surface area contributed by atoms with E-state index < -0.39 is 11.0 Å². The number of amides is 1. The zero-order chi connectivity index (χ0) is 24.8. The summed E-state index contributed by atoms with van der Waals surface area (Å²) in [6.07, 6.45) is 1.49. The normalized spacial score (nSPS) is 12.1. The number of nitrogens with zero attached hydrogens (tertiary/aromatic N) is 2. The Kier molecular flexibility index (Phi) is 7.82. The van der Waals surface area contributed by atoms with E-state index in [-0.39, 0.29) is 17.2 Å². The summed E-state index contributed by atoms with van der Waals surface area (Å²) < 4.78 is 0. The van der Waals surface area contributed by atoms with Crippen LogP contribution in [0.5, 0.6) is 0 Å². The predicted octanol–water partition coefficient (Wildman–Crippen LogP) is 6.32. The van der Waals surface area contributed by atoms with Gasteiger partial charge >= 0.3 is 0 Å². The topological polar surface area (TPSA) is 101 Å². The number of nitrogens with one attached hydrogen (secondary N) is 2. The van der Waals surface area contributed by atoms with Crippen molar-refractivity contribution in [1.29, 1.82) is 0 Å². The molecule has 0 fully saturated rings. The first kappa shape index (κ1) is 24.5.